The van der Waals surface area contributed by atoms with Crippen LogP contribution in [0.5, 0.6) is 0 Å². The van der Waals surface area contributed by atoms with E-state index in [1.807, 2.05) is 0 Å². The number of piperidine rings is 2. The number of ether oxygens (including phenoxy) is 1. The summed E-state index contributed by atoms with van der Waals surface area (Å²) in [5.41, 5.74) is 2.83. The lowest BCUT2D eigenvalue weighted by Gasteiger charge is -2.36. The van der Waals surface area contributed by atoms with Crippen LogP contribution in [0, 0.1) is 12.8 Å². The van der Waals surface area contributed by atoms with Crippen molar-refractivity contribution in [1.29, 1.82) is 0 Å². The van der Waals surface area contributed by atoms with Gasteiger partial charge in [0, 0.05) is 26.2 Å². The Kier molecular flexibility index (Phi) is 8.40. The highest BCUT2D eigenvalue weighted by atomic mass is 16.5. The Labute approximate surface area is 188 Å². The van der Waals surface area contributed by atoms with Crippen LogP contribution in [-0.4, -0.2) is 79.1 Å². The molecule has 0 aliphatic carbocycles. The van der Waals surface area contributed by atoms with Crippen LogP contribution in [0.15, 0.2) is 24.3 Å². The summed E-state index contributed by atoms with van der Waals surface area (Å²) in [6.45, 7) is 10.8. The van der Waals surface area contributed by atoms with Gasteiger partial charge in [-0.25, -0.2) is 0 Å². The Morgan fingerprint density at radius 3 is 2.45 bits per heavy atom. The van der Waals surface area contributed by atoms with Crippen LogP contribution >= 0.6 is 0 Å². The second kappa shape index (κ2) is 11.4. The third-order valence-electron chi connectivity index (χ3n) is 7.45. The Bertz CT molecular complexity index is 690. The topological polar surface area (TPSA) is 36.0 Å². The van der Waals surface area contributed by atoms with E-state index in [1.54, 1.807) is 0 Å². The number of rotatable bonds is 8. The maximum Gasteiger partial charge on any atom is 0.236 e. The van der Waals surface area contributed by atoms with Crippen LogP contribution in [0.4, 0.5) is 0 Å². The van der Waals surface area contributed by atoms with Gasteiger partial charge in [0.2, 0.25) is 5.91 Å². The van der Waals surface area contributed by atoms with E-state index in [0.717, 1.165) is 65.3 Å². The summed E-state index contributed by atoms with van der Waals surface area (Å²) < 4.78 is 5.89. The molecule has 1 aromatic rings. The number of amides is 1. The van der Waals surface area contributed by atoms with Gasteiger partial charge in [-0.15, -0.1) is 0 Å². The molecule has 5 nitrogen and oxygen atoms in total. The summed E-state index contributed by atoms with van der Waals surface area (Å²) in [5, 5.41) is 0. The zero-order valence-corrected chi connectivity index (χ0v) is 19.4. The van der Waals surface area contributed by atoms with Crippen molar-refractivity contribution in [2.75, 3.05) is 52.4 Å². The molecule has 3 saturated heterocycles. The summed E-state index contributed by atoms with van der Waals surface area (Å²) in [7, 11) is 0. The fourth-order valence-electron chi connectivity index (χ4n) is 5.39. The molecule has 172 valence electrons. The first-order valence-electron chi connectivity index (χ1n) is 12.6. The van der Waals surface area contributed by atoms with Gasteiger partial charge < -0.3 is 9.64 Å². The van der Waals surface area contributed by atoms with Gasteiger partial charge in [0.25, 0.3) is 0 Å². The average molecular weight is 428 g/mol. The van der Waals surface area contributed by atoms with Gasteiger partial charge in [-0.1, -0.05) is 30.7 Å². The van der Waals surface area contributed by atoms with Gasteiger partial charge in [-0.3, -0.25) is 14.6 Å². The molecule has 0 spiro atoms. The molecule has 31 heavy (non-hydrogen) atoms. The molecule has 1 atom stereocenters. The predicted octanol–water partition coefficient (Wildman–Crippen LogP) is 3.70. The second-order valence-electron chi connectivity index (χ2n) is 9.92. The third kappa shape index (κ3) is 6.77. The lowest BCUT2D eigenvalue weighted by atomic mass is 9.95. The van der Waals surface area contributed by atoms with Crippen molar-refractivity contribution in [3.8, 4) is 0 Å². The van der Waals surface area contributed by atoms with Crippen molar-refractivity contribution < 1.29 is 9.53 Å². The number of carbonyl (C=O) groups is 1. The maximum atomic E-state index is 13.2. The van der Waals surface area contributed by atoms with E-state index < -0.39 is 0 Å². The summed E-state index contributed by atoms with van der Waals surface area (Å²) in [6, 6.07) is 8.73. The largest absolute Gasteiger partial charge is 0.376 e. The van der Waals surface area contributed by atoms with E-state index in [9.17, 15) is 4.79 Å². The number of benzene rings is 1. The van der Waals surface area contributed by atoms with Crippen LogP contribution in [0.3, 0.4) is 0 Å². The highest BCUT2D eigenvalue weighted by molar-refractivity contribution is 5.78. The second-order valence-corrected chi connectivity index (χ2v) is 9.92. The van der Waals surface area contributed by atoms with Crippen LogP contribution in [0.2, 0.25) is 0 Å². The minimum absolute atomic E-state index is 0.242. The number of aryl methyl sites for hydroxylation is 1. The minimum Gasteiger partial charge on any atom is -0.376 e. The average Bonchev–Trinajstić information content (AvgIpc) is 3.30. The standard InChI is InChI=1S/C26H41N3O2/c1-22-8-3-4-9-24(22)19-28-15-11-23(12-16-28)18-29(20-25-10-7-17-31-25)26(30)21-27-13-5-2-6-14-27/h3-4,8-9,23,25H,2,5-7,10-21H2,1H3. The third-order valence-corrected chi connectivity index (χ3v) is 7.45. The van der Waals surface area contributed by atoms with Crippen LogP contribution in [0.1, 0.15) is 56.1 Å². The van der Waals surface area contributed by atoms with E-state index in [-0.39, 0.29) is 6.10 Å². The molecule has 3 aliphatic heterocycles. The predicted molar refractivity (Wildman–Crippen MR) is 125 cm³/mol. The molecular formula is C26H41N3O2. The molecule has 5 heteroatoms. The number of hydrogen-bond acceptors (Lipinski definition) is 4. The van der Waals surface area contributed by atoms with Gasteiger partial charge in [0.05, 0.1) is 12.6 Å². The zero-order chi connectivity index (χ0) is 21.5. The first-order chi connectivity index (χ1) is 15.2. The molecule has 3 heterocycles. The number of hydrogen-bond donors (Lipinski definition) is 0. The molecule has 1 aromatic carbocycles. The molecule has 1 amide bonds. The molecule has 3 fully saturated rings. The number of carbonyl (C=O) groups excluding carboxylic acids is 1. The molecule has 0 saturated carbocycles. The number of likely N-dealkylation sites (tertiary alicyclic amines) is 2. The first-order valence-corrected chi connectivity index (χ1v) is 12.6. The molecule has 3 aliphatic rings. The lowest BCUT2D eigenvalue weighted by Crippen LogP contribution is -2.47. The fourth-order valence-corrected chi connectivity index (χ4v) is 5.39. The fraction of sp³-hybridized carbons (Fsp3) is 0.731. The molecule has 0 radical (unpaired) electrons. The number of nitrogens with zero attached hydrogens (tertiary/aromatic N) is 3. The van der Waals surface area contributed by atoms with Crippen molar-refractivity contribution in [1.82, 2.24) is 14.7 Å². The summed E-state index contributed by atoms with van der Waals surface area (Å²) in [5.74, 6) is 0.930. The first kappa shape index (κ1) is 22.8. The maximum absolute atomic E-state index is 13.2. The smallest absolute Gasteiger partial charge is 0.236 e. The Morgan fingerprint density at radius 2 is 1.74 bits per heavy atom. The van der Waals surface area contributed by atoms with E-state index in [1.165, 1.54) is 43.2 Å². The van der Waals surface area contributed by atoms with E-state index >= 15 is 0 Å². The van der Waals surface area contributed by atoms with Crippen molar-refractivity contribution in [2.45, 2.75) is 64.5 Å². The van der Waals surface area contributed by atoms with Gasteiger partial charge in [0.1, 0.15) is 0 Å². The van der Waals surface area contributed by atoms with Crippen LogP contribution < -0.4 is 0 Å². The Balaban J connectivity index is 1.29. The van der Waals surface area contributed by atoms with Crippen molar-refractivity contribution in [3.05, 3.63) is 35.4 Å². The van der Waals surface area contributed by atoms with E-state index in [0.29, 0.717) is 18.4 Å². The lowest BCUT2D eigenvalue weighted by molar-refractivity contribution is -0.135. The summed E-state index contributed by atoms with van der Waals surface area (Å²) in [6.07, 6.45) is 8.63. The zero-order valence-electron chi connectivity index (χ0n) is 19.4. The van der Waals surface area contributed by atoms with Gasteiger partial charge in [0.15, 0.2) is 0 Å². The molecular weight excluding hydrogens is 386 g/mol. The van der Waals surface area contributed by atoms with Crippen molar-refractivity contribution in [3.63, 3.8) is 0 Å². The van der Waals surface area contributed by atoms with Crippen LogP contribution in [-0.2, 0) is 16.1 Å². The molecule has 0 aromatic heterocycles. The molecule has 0 N–H and O–H groups in total. The summed E-state index contributed by atoms with van der Waals surface area (Å²) in [4.78, 5) is 20.3. The van der Waals surface area contributed by atoms with E-state index in [2.05, 4.69) is 45.9 Å². The van der Waals surface area contributed by atoms with E-state index in [4.69, 9.17) is 4.74 Å². The highest BCUT2D eigenvalue weighted by Crippen LogP contribution is 2.23. The highest BCUT2D eigenvalue weighted by Gasteiger charge is 2.28. The van der Waals surface area contributed by atoms with Gasteiger partial charge >= 0.3 is 0 Å². The van der Waals surface area contributed by atoms with Crippen molar-refractivity contribution in [2.24, 2.45) is 5.92 Å². The Morgan fingerprint density at radius 1 is 0.968 bits per heavy atom. The monoisotopic (exact) mass is 427 g/mol. The minimum atomic E-state index is 0.242. The quantitative estimate of drug-likeness (QED) is 0.634. The molecule has 4 rings (SSSR count). The van der Waals surface area contributed by atoms with Gasteiger partial charge in [-0.05, 0) is 88.7 Å². The SMILES string of the molecule is Cc1ccccc1CN1CCC(CN(CC2CCCO2)C(=O)CN2CCCCC2)CC1. The van der Waals surface area contributed by atoms with Crippen molar-refractivity contribution >= 4 is 5.91 Å². The normalized spacial score (nSPS) is 23.8. The van der Waals surface area contributed by atoms with Crippen LogP contribution in [0.25, 0.3) is 0 Å². The Hall–Kier alpha value is -1.43. The molecule has 0 bridgehead atoms. The molecule has 1 unspecified atom stereocenters. The summed E-state index contributed by atoms with van der Waals surface area (Å²) >= 11 is 0. The van der Waals surface area contributed by atoms with Gasteiger partial charge in [-0.2, -0.15) is 0 Å².